The number of aryl methyl sites for hydroxylation is 2. The van der Waals surface area contributed by atoms with Crippen molar-refractivity contribution in [3.8, 4) is 5.82 Å². The minimum Gasteiger partial charge on any atom is -0.378 e. The first-order valence-electron chi connectivity index (χ1n) is 15.5. The van der Waals surface area contributed by atoms with Gasteiger partial charge in [-0.3, -0.25) is 9.69 Å². The fourth-order valence-electron chi connectivity index (χ4n) is 7.34. The molecule has 11 nitrogen and oxygen atoms in total. The van der Waals surface area contributed by atoms with Crippen LogP contribution < -0.4 is 4.90 Å². The van der Waals surface area contributed by atoms with E-state index in [1.807, 2.05) is 28.8 Å². The van der Waals surface area contributed by atoms with Gasteiger partial charge in [0.25, 0.3) is 5.91 Å². The third-order valence-corrected chi connectivity index (χ3v) is 9.98. The van der Waals surface area contributed by atoms with Gasteiger partial charge in [-0.25, -0.2) is 19.4 Å². The van der Waals surface area contributed by atoms with Crippen molar-refractivity contribution in [1.29, 1.82) is 0 Å². The molecule has 4 fully saturated rings. The zero-order valence-corrected chi connectivity index (χ0v) is 25.3. The van der Waals surface area contributed by atoms with Gasteiger partial charge in [-0.2, -0.15) is 23.3 Å². The molecule has 0 atom stereocenters. The van der Waals surface area contributed by atoms with Crippen LogP contribution in [0.25, 0.3) is 16.7 Å². The number of aromatic nitrogens is 4. The fraction of sp³-hybridized carbons (Fsp3) is 0.581. The number of alkyl halides is 3. The number of likely N-dealkylation sites (tertiary alicyclic amines) is 1. The van der Waals surface area contributed by atoms with Crippen molar-refractivity contribution in [3.05, 3.63) is 41.3 Å². The van der Waals surface area contributed by atoms with Crippen LogP contribution in [-0.2, 0) is 19.2 Å². The smallest absolute Gasteiger partial charge is 0.378 e. The van der Waals surface area contributed by atoms with Crippen LogP contribution in [0.3, 0.4) is 0 Å². The fourth-order valence-corrected chi connectivity index (χ4v) is 7.34. The van der Waals surface area contributed by atoms with Gasteiger partial charge in [0.2, 0.25) is 0 Å². The molecule has 0 bridgehead atoms. The summed E-state index contributed by atoms with van der Waals surface area (Å²) in [6.07, 6.45) is -0.104. The molecule has 14 heteroatoms. The molecule has 0 unspecified atom stereocenters. The number of amides is 1. The quantitative estimate of drug-likeness (QED) is 0.415. The Morgan fingerprint density at radius 1 is 1.00 bits per heavy atom. The largest absolute Gasteiger partial charge is 0.493 e. The van der Waals surface area contributed by atoms with Crippen LogP contribution in [0.4, 0.5) is 19.0 Å². The third kappa shape index (κ3) is 5.51. The van der Waals surface area contributed by atoms with Gasteiger partial charge >= 0.3 is 12.1 Å². The minimum atomic E-state index is -5.18. The van der Waals surface area contributed by atoms with Crippen LogP contribution in [0.5, 0.6) is 0 Å². The Kier molecular flexibility index (Phi) is 7.46. The summed E-state index contributed by atoms with van der Waals surface area (Å²) in [6, 6.07) is 6.88. The van der Waals surface area contributed by atoms with E-state index in [1.165, 1.54) is 11.1 Å². The number of fused-ring (bicyclic) bond motifs is 1. The Morgan fingerprint density at radius 3 is 2.38 bits per heavy atom. The summed E-state index contributed by atoms with van der Waals surface area (Å²) in [5.74, 6) is -0.675. The highest BCUT2D eigenvalue weighted by Gasteiger charge is 2.53. The molecular weight excluding hydrogens is 591 g/mol. The van der Waals surface area contributed by atoms with Crippen LogP contribution in [0.15, 0.2) is 24.4 Å². The lowest BCUT2D eigenvalue weighted by Gasteiger charge is -2.43. The summed E-state index contributed by atoms with van der Waals surface area (Å²) in [7, 11) is 0. The van der Waals surface area contributed by atoms with Gasteiger partial charge in [-0.05, 0) is 88.2 Å². The molecule has 2 aromatic heterocycles. The second-order valence-corrected chi connectivity index (χ2v) is 12.7. The van der Waals surface area contributed by atoms with E-state index in [2.05, 4.69) is 33.8 Å². The normalized spacial score (nSPS) is 21.6. The maximum atomic E-state index is 12.9. The van der Waals surface area contributed by atoms with Gasteiger partial charge in [0, 0.05) is 31.0 Å². The van der Waals surface area contributed by atoms with Crippen LogP contribution in [0.2, 0.25) is 0 Å². The number of ether oxygens (including phenoxy) is 1. The Hall–Kier alpha value is -3.78. The van der Waals surface area contributed by atoms with Crippen molar-refractivity contribution < 1.29 is 32.3 Å². The summed E-state index contributed by atoms with van der Waals surface area (Å²) in [5.41, 5.74) is 2.60. The molecular formula is C31H36F3N7O4. The van der Waals surface area contributed by atoms with Crippen molar-refractivity contribution in [3.63, 3.8) is 0 Å². The molecule has 4 aliphatic heterocycles. The van der Waals surface area contributed by atoms with Gasteiger partial charge in [0.05, 0.1) is 36.5 Å². The topological polar surface area (TPSA) is 106 Å². The molecule has 6 heterocycles. The summed E-state index contributed by atoms with van der Waals surface area (Å²) in [6.45, 7) is 8.61. The molecule has 240 valence electrons. The van der Waals surface area contributed by atoms with Gasteiger partial charge in [0.1, 0.15) is 11.6 Å². The summed E-state index contributed by atoms with van der Waals surface area (Å²) < 4.78 is 45.9. The van der Waals surface area contributed by atoms with E-state index in [1.54, 1.807) is 0 Å². The van der Waals surface area contributed by atoms with Gasteiger partial charge in [-0.15, -0.1) is 0 Å². The van der Waals surface area contributed by atoms with Crippen molar-refractivity contribution in [2.45, 2.75) is 76.0 Å². The first-order chi connectivity index (χ1) is 21.5. The summed E-state index contributed by atoms with van der Waals surface area (Å²) >= 11 is 0. The maximum Gasteiger partial charge on any atom is 0.493 e. The van der Waals surface area contributed by atoms with Gasteiger partial charge in [0.15, 0.2) is 5.82 Å². The molecule has 0 N–H and O–H groups in total. The monoisotopic (exact) mass is 627 g/mol. The SMILES string of the molecule is Cc1nc(N2CCC3(CCC(=O)N3OC(=O)C(F)(F)F)CC2)cc(-n2ncc3cc(C)c(C4CCN(C5COC5)CC4)cc32)n1. The standard InChI is InChI=1S/C31H36F3N7O4/c1-19-13-22-16-35-40(25(22)14-24(19)21-4-9-38(10-5-21)23-17-44-18-23)27-15-26(36-20(2)37-27)39-11-7-30(8-12-39)6-3-28(42)41(30)45-29(43)31(32,33)34/h13-16,21,23H,3-12,17-18H2,1-2H3. The lowest BCUT2D eigenvalue weighted by molar-refractivity contribution is -0.250. The second kappa shape index (κ2) is 11.2. The maximum absolute atomic E-state index is 12.9. The van der Waals surface area contributed by atoms with E-state index in [0.29, 0.717) is 66.8 Å². The number of piperidine rings is 2. The van der Waals surface area contributed by atoms with E-state index in [0.717, 1.165) is 50.0 Å². The molecule has 1 amide bonds. The van der Waals surface area contributed by atoms with E-state index < -0.39 is 23.6 Å². The highest BCUT2D eigenvalue weighted by molar-refractivity contribution is 5.83. The number of anilines is 1. The number of carbonyl (C=O) groups is 2. The number of halogens is 3. The lowest BCUT2D eigenvalue weighted by Crippen LogP contribution is -2.54. The summed E-state index contributed by atoms with van der Waals surface area (Å²) in [5, 5.41) is 6.40. The Balaban J connectivity index is 1.10. The Morgan fingerprint density at radius 2 is 1.71 bits per heavy atom. The number of carbonyl (C=O) groups excluding carboxylic acids is 2. The predicted octanol–water partition coefficient (Wildman–Crippen LogP) is 3.99. The third-order valence-electron chi connectivity index (χ3n) is 9.98. The minimum absolute atomic E-state index is 0.0321. The number of hydrogen-bond acceptors (Lipinski definition) is 9. The van der Waals surface area contributed by atoms with E-state index in [-0.39, 0.29) is 6.42 Å². The van der Waals surface area contributed by atoms with Gasteiger partial charge < -0.3 is 14.5 Å². The Bertz CT molecular complexity index is 1620. The molecule has 1 aromatic carbocycles. The summed E-state index contributed by atoms with van der Waals surface area (Å²) in [4.78, 5) is 42.5. The highest BCUT2D eigenvalue weighted by Crippen LogP contribution is 2.41. The average Bonchev–Trinajstić information content (AvgIpc) is 3.52. The van der Waals surface area contributed by atoms with Crippen molar-refractivity contribution in [2.75, 3.05) is 44.3 Å². The molecule has 4 saturated heterocycles. The van der Waals surface area contributed by atoms with Crippen LogP contribution in [0, 0.1) is 13.8 Å². The molecule has 0 saturated carbocycles. The van der Waals surface area contributed by atoms with Crippen molar-refractivity contribution in [1.82, 2.24) is 29.7 Å². The van der Waals surface area contributed by atoms with E-state index in [9.17, 15) is 22.8 Å². The lowest BCUT2D eigenvalue weighted by atomic mass is 9.85. The van der Waals surface area contributed by atoms with E-state index in [4.69, 9.17) is 14.8 Å². The average molecular weight is 628 g/mol. The number of hydrogen-bond donors (Lipinski definition) is 0. The van der Waals surface area contributed by atoms with Crippen LogP contribution in [0.1, 0.15) is 61.4 Å². The molecule has 3 aromatic rings. The highest BCUT2D eigenvalue weighted by atomic mass is 19.4. The molecule has 7 rings (SSSR count). The Labute approximate surface area is 258 Å². The van der Waals surface area contributed by atoms with Crippen molar-refractivity contribution >= 4 is 28.6 Å². The number of benzene rings is 1. The molecule has 1 spiro atoms. The van der Waals surface area contributed by atoms with E-state index >= 15 is 0 Å². The van der Waals surface area contributed by atoms with Crippen LogP contribution in [-0.4, -0.2) is 98.7 Å². The van der Waals surface area contributed by atoms with Gasteiger partial charge in [-0.1, -0.05) is 0 Å². The second-order valence-electron chi connectivity index (χ2n) is 12.7. The molecule has 0 aliphatic carbocycles. The number of hydroxylamine groups is 2. The molecule has 45 heavy (non-hydrogen) atoms. The first kappa shape index (κ1) is 29.9. The predicted molar refractivity (Wildman–Crippen MR) is 157 cm³/mol. The first-order valence-corrected chi connectivity index (χ1v) is 15.5. The van der Waals surface area contributed by atoms with Crippen molar-refractivity contribution in [2.24, 2.45) is 0 Å². The zero-order valence-electron chi connectivity index (χ0n) is 25.3. The van der Waals surface area contributed by atoms with Crippen LogP contribution >= 0.6 is 0 Å². The number of nitrogens with zero attached hydrogens (tertiary/aromatic N) is 7. The zero-order chi connectivity index (χ0) is 31.5. The molecule has 4 aliphatic rings. The molecule has 0 radical (unpaired) electrons. The number of rotatable bonds is 5.